The van der Waals surface area contributed by atoms with Crippen molar-refractivity contribution in [2.45, 2.75) is 6.10 Å². The first-order chi connectivity index (χ1) is 10.1. The minimum Gasteiger partial charge on any atom is -0.497 e. The average molecular weight is 309 g/mol. The zero-order valence-electron chi connectivity index (χ0n) is 12.1. The number of aliphatic hydroxyl groups excluding tert-OH is 1. The highest BCUT2D eigenvalue weighted by Gasteiger charge is 2.17. The number of ether oxygens (including phenoxy) is 3. The number of halogens is 1. The second-order valence-corrected chi connectivity index (χ2v) is 4.82. The van der Waals surface area contributed by atoms with Crippen molar-refractivity contribution < 1.29 is 19.3 Å². The SMILES string of the molecule is COc1ccc(C(O)c2cc(Cl)c(OC)c(OC)c2)cc1. The van der Waals surface area contributed by atoms with Gasteiger partial charge in [-0.2, -0.15) is 0 Å². The molecule has 0 saturated heterocycles. The summed E-state index contributed by atoms with van der Waals surface area (Å²) in [5, 5.41) is 10.9. The van der Waals surface area contributed by atoms with Crippen LogP contribution in [0, 0.1) is 0 Å². The van der Waals surface area contributed by atoms with E-state index in [1.165, 1.54) is 14.2 Å². The van der Waals surface area contributed by atoms with E-state index in [9.17, 15) is 5.11 Å². The van der Waals surface area contributed by atoms with Gasteiger partial charge in [-0.3, -0.25) is 0 Å². The molecule has 0 aliphatic rings. The minimum absolute atomic E-state index is 0.388. The molecule has 0 bridgehead atoms. The normalized spacial score (nSPS) is 11.9. The molecule has 1 N–H and O–H groups in total. The molecule has 2 aromatic carbocycles. The quantitative estimate of drug-likeness (QED) is 0.919. The lowest BCUT2D eigenvalue weighted by molar-refractivity contribution is 0.219. The van der Waals surface area contributed by atoms with Crippen LogP contribution in [0.4, 0.5) is 0 Å². The van der Waals surface area contributed by atoms with Crippen molar-refractivity contribution in [2.24, 2.45) is 0 Å². The van der Waals surface area contributed by atoms with Crippen molar-refractivity contribution in [1.29, 1.82) is 0 Å². The molecule has 0 heterocycles. The van der Waals surface area contributed by atoms with Crippen LogP contribution >= 0.6 is 11.6 Å². The van der Waals surface area contributed by atoms with Gasteiger partial charge in [0.15, 0.2) is 11.5 Å². The van der Waals surface area contributed by atoms with E-state index < -0.39 is 6.10 Å². The van der Waals surface area contributed by atoms with Crippen molar-refractivity contribution >= 4 is 11.6 Å². The van der Waals surface area contributed by atoms with Gasteiger partial charge in [-0.1, -0.05) is 23.7 Å². The molecule has 0 radical (unpaired) electrons. The monoisotopic (exact) mass is 308 g/mol. The van der Waals surface area contributed by atoms with E-state index in [0.29, 0.717) is 22.1 Å². The van der Waals surface area contributed by atoms with Crippen LogP contribution in [0.5, 0.6) is 17.2 Å². The maximum Gasteiger partial charge on any atom is 0.179 e. The summed E-state index contributed by atoms with van der Waals surface area (Å²) in [6.07, 6.45) is -0.812. The predicted octanol–water partition coefficient (Wildman–Crippen LogP) is 3.45. The van der Waals surface area contributed by atoms with Crippen LogP contribution in [0.3, 0.4) is 0 Å². The molecular formula is C16H17ClO4. The molecule has 0 saturated carbocycles. The molecule has 0 aliphatic carbocycles. The van der Waals surface area contributed by atoms with Gasteiger partial charge >= 0.3 is 0 Å². The Hall–Kier alpha value is -1.91. The highest BCUT2D eigenvalue weighted by molar-refractivity contribution is 6.32. The Balaban J connectivity index is 2.38. The van der Waals surface area contributed by atoms with E-state index >= 15 is 0 Å². The average Bonchev–Trinajstić information content (AvgIpc) is 2.53. The lowest BCUT2D eigenvalue weighted by Gasteiger charge is -2.16. The molecule has 5 heteroatoms. The lowest BCUT2D eigenvalue weighted by Crippen LogP contribution is -2.01. The summed E-state index contributed by atoms with van der Waals surface area (Å²) < 4.78 is 15.5. The Morgan fingerprint density at radius 2 is 1.57 bits per heavy atom. The molecule has 0 fully saturated rings. The van der Waals surface area contributed by atoms with E-state index in [0.717, 1.165) is 11.3 Å². The molecule has 0 spiro atoms. The molecular weight excluding hydrogens is 292 g/mol. The molecule has 1 atom stereocenters. The van der Waals surface area contributed by atoms with E-state index in [2.05, 4.69) is 0 Å². The molecule has 21 heavy (non-hydrogen) atoms. The summed E-state index contributed by atoms with van der Waals surface area (Å²) in [6.45, 7) is 0. The van der Waals surface area contributed by atoms with Gasteiger partial charge in [-0.15, -0.1) is 0 Å². The van der Waals surface area contributed by atoms with Crippen LogP contribution in [-0.4, -0.2) is 26.4 Å². The van der Waals surface area contributed by atoms with Gasteiger partial charge < -0.3 is 19.3 Å². The summed E-state index contributed by atoms with van der Waals surface area (Å²) >= 11 is 6.16. The molecule has 2 rings (SSSR count). The summed E-state index contributed by atoms with van der Waals surface area (Å²) in [5.74, 6) is 1.66. The third kappa shape index (κ3) is 3.23. The Labute approximate surface area is 128 Å². The smallest absolute Gasteiger partial charge is 0.179 e. The zero-order valence-corrected chi connectivity index (χ0v) is 12.8. The predicted molar refractivity (Wildman–Crippen MR) is 81.6 cm³/mol. The van der Waals surface area contributed by atoms with Gasteiger partial charge in [0.2, 0.25) is 0 Å². The maximum atomic E-state index is 10.5. The van der Waals surface area contributed by atoms with Gasteiger partial charge in [-0.05, 0) is 35.4 Å². The first kappa shape index (κ1) is 15.5. The molecule has 4 nitrogen and oxygen atoms in total. The Kier molecular flexibility index (Phi) is 4.94. The third-order valence-corrected chi connectivity index (χ3v) is 3.48. The van der Waals surface area contributed by atoms with Crippen molar-refractivity contribution in [1.82, 2.24) is 0 Å². The Morgan fingerprint density at radius 1 is 0.905 bits per heavy atom. The van der Waals surface area contributed by atoms with Crippen LogP contribution in [0.1, 0.15) is 17.2 Å². The largest absolute Gasteiger partial charge is 0.497 e. The molecule has 112 valence electrons. The van der Waals surface area contributed by atoms with Crippen LogP contribution < -0.4 is 14.2 Å². The van der Waals surface area contributed by atoms with E-state index in [-0.39, 0.29) is 0 Å². The summed E-state index contributed by atoms with van der Waals surface area (Å²) in [5.41, 5.74) is 1.36. The number of hydrogen-bond donors (Lipinski definition) is 1. The fourth-order valence-corrected chi connectivity index (χ4v) is 2.37. The van der Waals surface area contributed by atoms with Gasteiger partial charge in [-0.25, -0.2) is 0 Å². The van der Waals surface area contributed by atoms with Crippen molar-refractivity contribution in [3.63, 3.8) is 0 Å². The third-order valence-electron chi connectivity index (χ3n) is 3.20. The standard InChI is InChI=1S/C16H17ClO4/c1-19-12-6-4-10(5-7-12)15(18)11-8-13(17)16(21-3)14(9-11)20-2/h4-9,15,18H,1-3H3. The molecule has 0 aromatic heterocycles. The van der Waals surface area contributed by atoms with Crippen molar-refractivity contribution in [3.05, 3.63) is 52.5 Å². The fraction of sp³-hybridized carbons (Fsp3) is 0.250. The number of benzene rings is 2. The minimum atomic E-state index is -0.812. The molecule has 2 aromatic rings. The van der Waals surface area contributed by atoms with E-state index in [1.807, 2.05) is 0 Å². The molecule has 0 aliphatic heterocycles. The van der Waals surface area contributed by atoms with Crippen LogP contribution in [0.25, 0.3) is 0 Å². The zero-order chi connectivity index (χ0) is 15.4. The first-order valence-electron chi connectivity index (χ1n) is 6.34. The van der Waals surface area contributed by atoms with Crippen molar-refractivity contribution in [3.8, 4) is 17.2 Å². The Bertz CT molecular complexity index is 610. The molecule has 0 amide bonds. The van der Waals surface area contributed by atoms with Crippen LogP contribution in [-0.2, 0) is 0 Å². The van der Waals surface area contributed by atoms with Crippen LogP contribution in [0.15, 0.2) is 36.4 Å². The van der Waals surface area contributed by atoms with Gasteiger partial charge in [0.05, 0.1) is 26.4 Å². The van der Waals surface area contributed by atoms with Gasteiger partial charge in [0.25, 0.3) is 0 Å². The fourth-order valence-electron chi connectivity index (χ4n) is 2.07. The van der Waals surface area contributed by atoms with Crippen molar-refractivity contribution in [2.75, 3.05) is 21.3 Å². The van der Waals surface area contributed by atoms with Crippen LogP contribution in [0.2, 0.25) is 5.02 Å². The van der Waals surface area contributed by atoms with Gasteiger partial charge in [0, 0.05) is 0 Å². The Morgan fingerprint density at radius 3 is 2.10 bits per heavy atom. The molecule has 1 unspecified atom stereocenters. The number of hydrogen-bond acceptors (Lipinski definition) is 4. The number of rotatable bonds is 5. The highest BCUT2D eigenvalue weighted by atomic mass is 35.5. The summed E-state index contributed by atoms with van der Waals surface area (Å²) in [7, 11) is 4.64. The topological polar surface area (TPSA) is 47.9 Å². The summed E-state index contributed by atoms with van der Waals surface area (Å²) in [4.78, 5) is 0. The highest BCUT2D eigenvalue weighted by Crippen LogP contribution is 2.38. The van der Waals surface area contributed by atoms with E-state index in [4.69, 9.17) is 25.8 Å². The first-order valence-corrected chi connectivity index (χ1v) is 6.72. The second-order valence-electron chi connectivity index (χ2n) is 4.41. The second kappa shape index (κ2) is 6.70. The van der Waals surface area contributed by atoms with E-state index in [1.54, 1.807) is 43.5 Å². The number of methoxy groups -OCH3 is 3. The summed E-state index contributed by atoms with van der Waals surface area (Å²) in [6, 6.07) is 10.6. The van der Waals surface area contributed by atoms with Gasteiger partial charge in [0.1, 0.15) is 11.9 Å². The maximum absolute atomic E-state index is 10.5. The lowest BCUT2D eigenvalue weighted by atomic mass is 10.0. The number of aliphatic hydroxyl groups is 1.